The monoisotopic (exact) mass is 248 g/mol. The molecule has 0 heterocycles. The van der Waals surface area contributed by atoms with Gasteiger partial charge < -0.3 is 0 Å². The number of ketones is 1. The zero-order valence-corrected chi connectivity index (χ0v) is 12.1. The molecule has 3 atom stereocenters. The molecule has 1 nitrogen and oxygen atoms in total. The first-order chi connectivity index (χ1) is 8.61. The van der Waals surface area contributed by atoms with Gasteiger partial charge in [-0.2, -0.15) is 0 Å². The van der Waals surface area contributed by atoms with Crippen LogP contribution in [0.25, 0.3) is 0 Å². The Bertz CT molecular complexity index is 325. The molecule has 0 spiro atoms. The van der Waals surface area contributed by atoms with Crippen molar-refractivity contribution in [3.8, 4) is 0 Å². The van der Waals surface area contributed by atoms with Crippen molar-refractivity contribution in [2.45, 2.75) is 71.6 Å². The van der Waals surface area contributed by atoms with E-state index in [1.54, 1.807) is 0 Å². The molecule has 0 aromatic heterocycles. The molecule has 3 saturated carbocycles. The minimum atomic E-state index is 0.101. The van der Waals surface area contributed by atoms with E-state index in [9.17, 15) is 4.79 Å². The second kappa shape index (κ2) is 4.65. The molecule has 3 rings (SSSR count). The number of carbonyl (C=O) groups excluding carboxylic acids is 1. The standard InChI is InChI=1S/C17H28O/c1-12(2)11-17(7-3-4-8-17)16(18)15-10-13-5-6-14(15)9-13/h12-15H,3-11H2,1-2H3. The molecule has 18 heavy (non-hydrogen) atoms. The molecule has 3 aliphatic rings. The fourth-order valence-electron chi connectivity index (χ4n) is 5.34. The Morgan fingerprint density at radius 1 is 1.17 bits per heavy atom. The fourth-order valence-corrected chi connectivity index (χ4v) is 5.34. The molecule has 2 bridgehead atoms. The van der Waals surface area contributed by atoms with Crippen LogP contribution in [0.3, 0.4) is 0 Å². The highest BCUT2D eigenvalue weighted by atomic mass is 16.1. The molecule has 102 valence electrons. The molecular formula is C17H28O. The highest BCUT2D eigenvalue weighted by molar-refractivity contribution is 5.88. The van der Waals surface area contributed by atoms with Crippen molar-refractivity contribution < 1.29 is 4.79 Å². The van der Waals surface area contributed by atoms with Crippen molar-refractivity contribution in [2.24, 2.45) is 29.1 Å². The summed E-state index contributed by atoms with van der Waals surface area (Å²) in [6, 6.07) is 0. The molecule has 0 aromatic carbocycles. The number of hydrogen-bond acceptors (Lipinski definition) is 1. The number of hydrogen-bond donors (Lipinski definition) is 0. The fraction of sp³-hybridized carbons (Fsp3) is 0.941. The summed E-state index contributed by atoms with van der Waals surface area (Å²) in [6.07, 6.45) is 11.5. The van der Waals surface area contributed by atoms with Gasteiger partial charge in [-0.3, -0.25) is 4.79 Å². The average Bonchev–Trinajstić information content (AvgIpc) is 3.02. The Labute approximate surface area is 112 Å². The summed E-state index contributed by atoms with van der Waals surface area (Å²) in [6.45, 7) is 4.57. The Morgan fingerprint density at radius 3 is 2.39 bits per heavy atom. The van der Waals surface area contributed by atoms with Gasteiger partial charge in [0, 0.05) is 11.3 Å². The third-order valence-corrected chi connectivity index (χ3v) is 5.96. The maximum absolute atomic E-state index is 13.1. The van der Waals surface area contributed by atoms with Crippen LogP contribution in [0, 0.1) is 29.1 Å². The van der Waals surface area contributed by atoms with Gasteiger partial charge in [0.2, 0.25) is 0 Å². The molecule has 3 fully saturated rings. The van der Waals surface area contributed by atoms with E-state index in [0.717, 1.165) is 18.3 Å². The number of carbonyl (C=O) groups is 1. The Hall–Kier alpha value is -0.330. The van der Waals surface area contributed by atoms with Crippen molar-refractivity contribution in [3.05, 3.63) is 0 Å². The van der Waals surface area contributed by atoms with E-state index in [1.807, 2.05) is 0 Å². The minimum absolute atomic E-state index is 0.101. The van der Waals surface area contributed by atoms with Gasteiger partial charge in [-0.1, -0.05) is 33.1 Å². The van der Waals surface area contributed by atoms with Crippen LogP contribution in [-0.2, 0) is 4.79 Å². The van der Waals surface area contributed by atoms with Crippen LogP contribution in [0.4, 0.5) is 0 Å². The van der Waals surface area contributed by atoms with Crippen molar-refractivity contribution in [1.82, 2.24) is 0 Å². The van der Waals surface area contributed by atoms with Gasteiger partial charge in [0.15, 0.2) is 0 Å². The van der Waals surface area contributed by atoms with Gasteiger partial charge >= 0.3 is 0 Å². The van der Waals surface area contributed by atoms with Crippen LogP contribution in [0.1, 0.15) is 71.6 Å². The maximum atomic E-state index is 13.1. The normalized spacial score (nSPS) is 37.6. The number of fused-ring (bicyclic) bond motifs is 2. The Morgan fingerprint density at radius 2 is 1.89 bits per heavy atom. The quantitative estimate of drug-likeness (QED) is 0.710. The van der Waals surface area contributed by atoms with Crippen LogP contribution in [0.15, 0.2) is 0 Å². The van der Waals surface area contributed by atoms with Gasteiger partial charge in [-0.15, -0.1) is 0 Å². The van der Waals surface area contributed by atoms with E-state index in [4.69, 9.17) is 0 Å². The van der Waals surface area contributed by atoms with Gasteiger partial charge in [-0.05, 0) is 56.3 Å². The molecule has 0 saturated heterocycles. The molecule has 0 aromatic rings. The zero-order valence-electron chi connectivity index (χ0n) is 12.1. The third-order valence-electron chi connectivity index (χ3n) is 5.96. The maximum Gasteiger partial charge on any atom is 0.142 e. The van der Waals surface area contributed by atoms with Crippen molar-refractivity contribution >= 4 is 5.78 Å². The first-order valence-electron chi connectivity index (χ1n) is 8.15. The van der Waals surface area contributed by atoms with Gasteiger partial charge in [0.05, 0.1) is 0 Å². The Kier molecular flexibility index (Phi) is 3.28. The first-order valence-corrected chi connectivity index (χ1v) is 8.15. The van der Waals surface area contributed by atoms with E-state index in [-0.39, 0.29) is 5.41 Å². The summed E-state index contributed by atoms with van der Waals surface area (Å²) in [7, 11) is 0. The Balaban J connectivity index is 1.76. The summed E-state index contributed by atoms with van der Waals surface area (Å²) in [5, 5.41) is 0. The number of Topliss-reactive ketones (excluding diaryl/α,β-unsaturated/α-hetero) is 1. The zero-order chi connectivity index (χ0) is 12.8. The van der Waals surface area contributed by atoms with Gasteiger partial charge in [-0.25, -0.2) is 0 Å². The molecule has 0 N–H and O–H groups in total. The van der Waals surface area contributed by atoms with E-state index < -0.39 is 0 Å². The third kappa shape index (κ3) is 2.04. The summed E-state index contributed by atoms with van der Waals surface area (Å²) < 4.78 is 0. The summed E-state index contributed by atoms with van der Waals surface area (Å²) in [5.41, 5.74) is 0.101. The average molecular weight is 248 g/mol. The molecule has 1 heteroatoms. The highest BCUT2D eigenvalue weighted by Crippen LogP contribution is 2.54. The van der Waals surface area contributed by atoms with Crippen molar-refractivity contribution in [1.29, 1.82) is 0 Å². The van der Waals surface area contributed by atoms with E-state index in [1.165, 1.54) is 51.4 Å². The largest absolute Gasteiger partial charge is 0.299 e. The predicted molar refractivity (Wildman–Crippen MR) is 74.3 cm³/mol. The molecule has 3 unspecified atom stereocenters. The van der Waals surface area contributed by atoms with Crippen LogP contribution >= 0.6 is 0 Å². The SMILES string of the molecule is CC(C)CC1(C(=O)C2CC3CCC2C3)CCCC1. The van der Waals surface area contributed by atoms with E-state index in [0.29, 0.717) is 17.6 Å². The topological polar surface area (TPSA) is 17.1 Å². The second-order valence-electron chi connectivity index (χ2n) is 7.73. The van der Waals surface area contributed by atoms with Crippen LogP contribution in [0.2, 0.25) is 0 Å². The molecule has 0 radical (unpaired) electrons. The van der Waals surface area contributed by atoms with Crippen molar-refractivity contribution in [3.63, 3.8) is 0 Å². The van der Waals surface area contributed by atoms with Crippen LogP contribution in [-0.4, -0.2) is 5.78 Å². The number of rotatable bonds is 4. The lowest BCUT2D eigenvalue weighted by Crippen LogP contribution is -2.37. The smallest absolute Gasteiger partial charge is 0.142 e. The van der Waals surface area contributed by atoms with E-state index >= 15 is 0 Å². The minimum Gasteiger partial charge on any atom is -0.299 e. The lowest BCUT2D eigenvalue weighted by molar-refractivity contribution is -0.135. The first kappa shape index (κ1) is 12.7. The molecule has 3 aliphatic carbocycles. The van der Waals surface area contributed by atoms with Crippen molar-refractivity contribution in [2.75, 3.05) is 0 Å². The molecular weight excluding hydrogens is 220 g/mol. The predicted octanol–water partition coefficient (Wildman–Crippen LogP) is 4.60. The lowest BCUT2D eigenvalue weighted by Gasteiger charge is -2.34. The van der Waals surface area contributed by atoms with Crippen LogP contribution in [0.5, 0.6) is 0 Å². The van der Waals surface area contributed by atoms with Gasteiger partial charge in [0.25, 0.3) is 0 Å². The van der Waals surface area contributed by atoms with Crippen LogP contribution < -0.4 is 0 Å². The summed E-state index contributed by atoms with van der Waals surface area (Å²) >= 11 is 0. The summed E-state index contributed by atoms with van der Waals surface area (Å²) in [4.78, 5) is 13.1. The lowest BCUT2D eigenvalue weighted by atomic mass is 9.68. The molecule has 0 amide bonds. The van der Waals surface area contributed by atoms with E-state index in [2.05, 4.69) is 13.8 Å². The highest BCUT2D eigenvalue weighted by Gasteiger charge is 2.50. The second-order valence-corrected chi connectivity index (χ2v) is 7.73. The molecule has 0 aliphatic heterocycles. The summed E-state index contributed by atoms with van der Waals surface area (Å²) in [5.74, 6) is 3.50. The van der Waals surface area contributed by atoms with Gasteiger partial charge in [0.1, 0.15) is 5.78 Å².